The molecule has 1 aromatic rings. The summed E-state index contributed by atoms with van der Waals surface area (Å²) in [6.07, 6.45) is 0.0607. The van der Waals surface area contributed by atoms with E-state index in [0.717, 1.165) is 5.75 Å². The average Bonchev–Trinajstić information content (AvgIpc) is 2.30. The maximum absolute atomic E-state index is 5.90. The first-order valence-electron chi connectivity index (χ1n) is 6.02. The molecule has 0 fully saturated rings. The van der Waals surface area contributed by atoms with Crippen LogP contribution in [-0.4, -0.2) is 26.9 Å². The number of ether oxygens (including phenoxy) is 2. The Bertz CT molecular complexity index is 352. The number of benzene rings is 1. The molecule has 3 nitrogen and oxygen atoms in total. The predicted molar refractivity (Wildman–Crippen MR) is 70.6 cm³/mol. The van der Waals surface area contributed by atoms with Crippen LogP contribution in [0.4, 0.5) is 0 Å². The van der Waals surface area contributed by atoms with Gasteiger partial charge in [-0.05, 0) is 33.9 Å². The van der Waals surface area contributed by atoms with Gasteiger partial charge < -0.3 is 14.8 Å². The SMILES string of the molecule is CNC(C)c1cc(C)ccc1OC(C)COC. The second-order valence-electron chi connectivity index (χ2n) is 4.44. The van der Waals surface area contributed by atoms with Crippen LogP contribution in [0.3, 0.4) is 0 Å². The Morgan fingerprint density at radius 1 is 1.29 bits per heavy atom. The smallest absolute Gasteiger partial charge is 0.124 e. The van der Waals surface area contributed by atoms with E-state index in [1.807, 2.05) is 20.0 Å². The summed E-state index contributed by atoms with van der Waals surface area (Å²) in [7, 11) is 3.64. The summed E-state index contributed by atoms with van der Waals surface area (Å²) in [5.74, 6) is 0.932. The van der Waals surface area contributed by atoms with Gasteiger partial charge in [-0.3, -0.25) is 0 Å². The molecular weight excluding hydrogens is 214 g/mol. The van der Waals surface area contributed by atoms with Crippen molar-refractivity contribution in [3.63, 3.8) is 0 Å². The van der Waals surface area contributed by atoms with E-state index in [0.29, 0.717) is 6.61 Å². The van der Waals surface area contributed by atoms with Gasteiger partial charge in [0.15, 0.2) is 0 Å². The lowest BCUT2D eigenvalue weighted by atomic mass is 10.0. The Morgan fingerprint density at radius 3 is 2.59 bits per heavy atom. The maximum Gasteiger partial charge on any atom is 0.124 e. The van der Waals surface area contributed by atoms with Gasteiger partial charge in [-0.25, -0.2) is 0 Å². The van der Waals surface area contributed by atoms with Crippen molar-refractivity contribution < 1.29 is 9.47 Å². The maximum atomic E-state index is 5.90. The van der Waals surface area contributed by atoms with Gasteiger partial charge in [-0.1, -0.05) is 17.7 Å². The zero-order chi connectivity index (χ0) is 12.8. The first-order valence-corrected chi connectivity index (χ1v) is 6.02. The highest BCUT2D eigenvalue weighted by Gasteiger charge is 2.12. The largest absolute Gasteiger partial charge is 0.488 e. The van der Waals surface area contributed by atoms with Gasteiger partial charge in [0.1, 0.15) is 11.9 Å². The highest BCUT2D eigenvalue weighted by atomic mass is 16.5. The van der Waals surface area contributed by atoms with E-state index < -0.39 is 0 Å². The molecule has 3 heteroatoms. The van der Waals surface area contributed by atoms with Crippen molar-refractivity contribution in [1.29, 1.82) is 0 Å². The highest BCUT2D eigenvalue weighted by Crippen LogP contribution is 2.27. The molecule has 0 heterocycles. The van der Waals surface area contributed by atoms with Crippen LogP contribution in [0.15, 0.2) is 18.2 Å². The lowest BCUT2D eigenvalue weighted by molar-refractivity contribution is 0.0911. The van der Waals surface area contributed by atoms with Crippen LogP contribution in [0, 0.1) is 6.92 Å². The van der Waals surface area contributed by atoms with Crippen LogP contribution in [0.25, 0.3) is 0 Å². The van der Waals surface area contributed by atoms with Gasteiger partial charge in [0.25, 0.3) is 0 Å². The number of aryl methyl sites for hydroxylation is 1. The summed E-state index contributed by atoms with van der Waals surface area (Å²) in [5, 5.41) is 3.24. The Balaban J connectivity index is 2.90. The molecule has 1 aromatic carbocycles. The molecule has 0 aromatic heterocycles. The lowest BCUT2D eigenvalue weighted by Gasteiger charge is -2.20. The molecule has 0 amide bonds. The third kappa shape index (κ3) is 4.02. The van der Waals surface area contributed by atoms with E-state index in [1.54, 1.807) is 7.11 Å². The summed E-state index contributed by atoms with van der Waals surface area (Å²) in [5.41, 5.74) is 2.43. The third-order valence-electron chi connectivity index (χ3n) is 2.79. The molecule has 0 radical (unpaired) electrons. The van der Waals surface area contributed by atoms with Crippen LogP contribution < -0.4 is 10.1 Å². The summed E-state index contributed by atoms with van der Waals surface area (Å²) in [6.45, 7) is 6.83. The molecule has 0 aliphatic carbocycles. The fraction of sp³-hybridized carbons (Fsp3) is 0.571. The number of hydrogen-bond donors (Lipinski definition) is 1. The molecule has 0 saturated carbocycles. The summed E-state index contributed by atoms with van der Waals surface area (Å²) >= 11 is 0. The van der Waals surface area contributed by atoms with E-state index in [1.165, 1.54) is 11.1 Å². The van der Waals surface area contributed by atoms with Crippen LogP contribution in [-0.2, 0) is 4.74 Å². The molecule has 1 N–H and O–H groups in total. The zero-order valence-electron chi connectivity index (χ0n) is 11.4. The summed E-state index contributed by atoms with van der Waals surface area (Å²) in [4.78, 5) is 0. The van der Waals surface area contributed by atoms with E-state index in [4.69, 9.17) is 9.47 Å². The Kier molecular flexibility index (Phi) is 5.45. The Morgan fingerprint density at radius 2 is 2.00 bits per heavy atom. The predicted octanol–water partition coefficient (Wildman–Crippen LogP) is 2.69. The van der Waals surface area contributed by atoms with Crippen LogP contribution in [0.1, 0.15) is 31.0 Å². The van der Waals surface area contributed by atoms with Crippen molar-refractivity contribution in [3.8, 4) is 5.75 Å². The highest BCUT2D eigenvalue weighted by molar-refractivity contribution is 5.39. The minimum absolute atomic E-state index is 0.0607. The average molecular weight is 237 g/mol. The van der Waals surface area contributed by atoms with Crippen molar-refractivity contribution >= 4 is 0 Å². The molecule has 0 bridgehead atoms. The van der Waals surface area contributed by atoms with E-state index in [2.05, 4.69) is 31.3 Å². The first-order chi connectivity index (χ1) is 8.08. The standard InChI is InChI=1S/C14H23NO2/c1-10-6-7-14(17-11(2)9-16-5)13(8-10)12(3)15-4/h6-8,11-12,15H,9H2,1-5H3. The first kappa shape index (κ1) is 14.0. The van der Waals surface area contributed by atoms with E-state index in [-0.39, 0.29) is 12.1 Å². The van der Waals surface area contributed by atoms with Gasteiger partial charge in [-0.2, -0.15) is 0 Å². The second-order valence-corrected chi connectivity index (χ2v) is 4.44. The number of rotatable bonds is 6. The van der Waals surface area contributed by atoms with Crippen LogP contribution in [0.2, 0.25) is 0 Å². The normalized spacial score (nSPS) is 14.4. The van der Waals surface area contributed by atoms with Crippen molar-refractivity contribution in [3.05, 3.63) is 29.3 Å². The summed E-state index contributed by atoms with van der Waals surface area (Å²) < 4.78 is 11.0. The minimum Gasteiger partial charge on any atom is -0.488 e. The fourth-order valence-electron chi connectivity index (χ4n) is 1.75. The fourth-order valence-corrected chi connectivity index (χ4v) is 1.75. The van der Waals surface area contributed by atoms with Gasteiger partial charge in [-0.15, -0.1) is 0 Å². The van der Waals surface area contributed by atoms with Crippen molar-refractivity contribution in [1.82, 2.24) is 5.32 Å². The van der Waals surface area contributed by atoms with Gasteiger partial charge in [0.2, 0.25) is 0 Å². The van der Waals surface area contributed by atoms with Gasteiger partial charge in [0, 0.05) is 18.7 Å². The zero-order valence-corrected chi connectivity index (χ0v) is 11.4. The van der Waals surface area contributed by atoms with Crippen molar-refractivity contribution in [2.75, 3.05) is 20.8 Å². The molecule has 17 heavy (non-hydrogen) atoms. The molecule has 0 aliphatic heterocycles. The Labute approximate surface area is 104 Å². The van der Waals surface area contributed by atoms with Crippen molar-refractivity contribution in [2.24, 2.45) is 0 Å². The van der Waals surface area contributed by atoms with E-state index in [9.17, 15) is 0 Å². The molecule has 0 saturated heterocycles. The molecule has 96 valence electrons. The van der Waals surface area contributed by atoms with Crippen molar-refractivity contribution in [2.45, 2.75) is 32.9 Å². The quantitative estimate of drug-likeness (QED) is 0.825. The second kappa shape index (κ2) is 6.62. The van der Waals surface area contributed by atoms with Gasteiger partial charge in [0.05, 0.1) is 6.61 Å². The topological polar surface area (TPSA) is 30.5 Å². The molecule has 2 unspecified atom stereocenters. The Hall–Kier alpha value is -1.06. The van der Waals surface area contributed by atoms with Crippen LogP contribution >= 0.6 is 0 Å². The molecular formula is C14H23NO2. The molecule has 2 atom stereocenters. The number of nitrogens with one attached hydrogen (secondary N) is 1. The molecule has 1 rings (SSSR count). The number of methoxy groups -OCH3 is 1. The molecule has 0 spiro atoms. The van der Waals surface area contributed by atoms with Crippen LogP contribution in [0.5, 0.6) is 5.75 Å². The lowest BCUT2D eigenvalue weighted by Crippen LogP contribution is -2.20. The molecule has 0 aliphatic rings. The number of hydrogen-bond acceptors (Lipinski definition) is 3. The summed E-state index contributed by atoms with van der Waals surface area (Å²) in [6, 6.07) is 6.54. The minimum atomic E-state index is 0.0607. The van der Waals surface area contributed by atoms with E-state index >= 15 is 0 Å². The van der Waals surface area contributed by atoms with Gasteiger partial charge >= 0.3 is 0 Å². The monoisotopic (exact) mass is 237 g/mol. The third-order valence-corrected chi connectivity index (χ3v) is 2.79.